The van der Waals surface area contributed by atoms with Gasteiger partial charge in [-0.2, -0.15) is 0 Å². The van der Waals surface area contributed by atoms with Gasteiger partial charge >= 0.3 is 23.9 Å². The predicted molar refractivity (Wildman–Crippen MR) is 303 cm³/mol. The number of aliphatic hydroxyl groups excluding tert-OH is 2. The van der Waals surface area contributed by atoms with Gasteiger partial charge in [-0.1, -0.05) is 249 Å². The number of aliphatic hydroxyl groups is 2. The first-order valence-corrected chi connectivity index (χ1v) is 30.6. The lowest BCUT2D eigenvalue weighted by atomic mass is 9.98. The Hall–Kier alpha value is -3.32. The van der Waals surface area contributed by atoms with Crippen LogP contribution in [0.2, 0.25) is 0 Å². The van der Waals surface area contributed by atoms with E-state index in [0.29, 0.717) is 25.7 Å². The smallest absolute Gasteiger partial charge is 0.335 e. The molecule has 12 heteroatoms. The summed E-state index contributed by atoms with van der Waals surface area (Å²) in [6.07, 6.45) is 49.4. The van der Waals surface area contributed by atoms with Crippen LogP contribution in [0.15, 0.2) is 48.6 Å². The molecule has 3 N–H and O–H groups in total. The summed E-state index contributed by atoms with van der Waals surface area (Å²) in [4.78, 5) is 51.1. The number of carbonyl (C=O) groups is 4. The normalized spacial score (nSPS) is 18.4. The molecule has 434 valence electrons. The maximum atomic E-state index is 13.1. The molecule has 0 aliphatic carbocycles. The Labute approximate surface area is 456 Å². The number of carboxylic acids is 1. The Bertz CT molecular complexity index is 1490. The topological polar surface area (TPSA) is 175 Å². The van der Waals surface area contributed by atoms with E-state index in [4.69, 9.17) is 23.7 Å². The van der Waals surface area contributed by atoms with E-state index < -0.39 is 67.3 Å². The van der Waals surface area contributed by atoms with Crippen LogP contribution >= 0.6 is 0 Å². The molecule has 0 aromatic rings. The molecule has 1 saturated heterocycles. The van der Waals surface area contributed by atoms with Crippen LogP contribution in [0.3, 0.4) is 0 Å². The van der Waals surface area contributed by atoms with E-state index in [-0.39, 0.29) is 25.9 Å². The first-order chi connectivity index (χ1) is 36.6. The van der Waals surface area contributed by atoms with E-state index >= 15 is 0 Å². The van der Waals surface area contributed by atoms with Gasteiger partial charge in [0.2, 0.25) is 0 Å². The summed E-state index contributed by atoms with van der Waals surface area (Å²) in [5.41, 5.74) is 0. The highest BCUT2D eigenvalue weighted by Gasteiger charge is 2.50. The number of rotatable bonds is 52. The Morgan fingerprint density at radius 3 is 1.28 bits per heavy atom. The number of ether oxygens (including phenoxy) is 5. The Morgan fingerprint density at radius 1 is 0.453 bits per heavy atom. The molecule has 75 heavy (non-hydrogen) atoms. The molecule has 1 rings (SSSR count). The van der Waals surface area contributed by atoms with Crippen LogP contribution in [0, 0.1) is 0 Å². The standard InChI is InChI=1S/C63H110O12/c1-4-7-10-13-16-19-22-25-27-28-30-32-34-37-40-43-46-49-55(64)71-52-54(73-56(65)50-47-44-41-38-35-31-24-21-18-15-12-9-6-3)53-72-63-61(59(68)58(67)60(75-63)62(69)70)74-57(66)51-48-45-42-39-36-33-29-26-23-20-17-14-11-8-5-2/h8,11,17,20,26,29,36,39,54,58-61,63,67-68H,4-7,9-10,12-16,18-19,21-25,27-28,30-35,37-38,40-53H2,1-3H3,(H,69,70)/b11-8-,20-17-,29-26-,39-36-. The third-order valence-corrected chi connectivity index (χ3v) is 13.9. The zero-order chi connectivity index (χ0) is 54.7. The van der Waals surface area contributed by atoms with Gasteiger partial charge in [0.1, 0.15) is 18.8 Å². The van der Waals surface area contributed by atoms with Gasteiger partial charge in [0.25, 0.3) is 0 Å². The van der Waals surface area contributed by atoms with E-state index in [1.165, 1.54) is 141 Å². The summed E-state index contributed by atoms with van der Waals surface area (Å²) >= 11 is 0. The van der Waals surface area contributed by atoms with E-state index in [1.54, 1.807) is 0 Å². The minimum atomic E-state index is -1.91. The number of hydrogen-bond donors (Lipinski definition) is 3. The summed E-state index contributed by atoms with van der Waals surface area (Å²) in [6, 6.07) is 0. The number of allylic oxidation sites excluding steroid dienone is 8. The predicted octanol–water partition coefficient (Wildman–Crippen LogP) is 15.8. The van der Waals surface area contributed by atoms with Gasteiger partial charge in [0, 0.05) is 19.3 Å². The molecule has 1 aliphatic rings. The van der Waals surface area contributed by atoms with Crippen LogP contribution in [0.4, 0.5) is 0 Å². The molecule has 6 atom stereocenters. The van der Waals surface area contributed by atoms with Crippen molar-refractivity contribution in [2.24, 2.45) is 0 Å². The van der Waals surface area contributed by atoms with Gasteiger partial charge in [-0.25, -0.2) is 4.79 Å². The largest absolute Gasteiger partial charge is 0.479 e. The summed E-state index contributed by atoms with van der Waals surface area (Å²) in [6.45, 7) is 5.89. The van der Waals surface area contributed by atoms with E-state index in [1.807, 2.05) is 0 Å². The second-order valence-electron chi connectivity index (χ2n) is 21.0. The van der Waals surface area contributed by atoms with Gasteiger partial charge < -0.3 is 39.0 Å². The number of carbonyl (C=O) groups excluding carboxylic acids is 3. The third-order valence-electron chi connectivity index (χ3n) is 13.9. The van der Waals surface area contributed by atoms with Crippen LogP contribution in [0.1, 0.15) is 278 Å². The van der Waals surface area contributed by atoms with Crippen molar-refractivity contribution in [3.8, 4) is 0 Å². The van der Waals surface area contributed by atoms with Crippen LogP contribution in [0.5, 0.6) is 0 Å². The molecular weight excluding hydrogens is 949 g/mol. The highest BCUT2D eigenvalue weighted by molar-refractivity contribution is 5.74. The average molecular weight is 1060 g/mol. The Kier molecular flexibility index (Phi) is 47.8. The first-order valence-electron chi connectivity index (χ1n) is 30.6. The molecule has 0 aromatic heterocycles. The highest BCUT2D eigenvalue weighted by Crippen LogP contribution is 2.26. The van der Waals surface area contributed by atoms with Crippen LogP contribution in [-0.4, -0.2) is 89.2 Å². The average Bonchev–Trinajstić information content (AvgIpc) is 3.39. The van der Waals surface area contributed by atoms with Crippen LogP contribution < -0.4 is 0 Å². The highest BCUT2D eigenvalue weighted by atomic mass is 16.7. The molecule has 1 heterocycles. The fourth-order valence-corrected chi connectivity index (χ4v) is 9.24. The summed E-state index contributed by atoms with van der Waals surface area (Å²) < 4.78 is 28.4. The molecule has 12 nitrogen and oxygen atoms in total. The lowest BCUT2D eigenvalue weighted by molar-refractivity contribution is -0.301. The van der Waals surface area contributed by atoms with E-state index in [9.17, 15) is 34.5 Å². The third kappa shape index (κ3) is 41.5. The SMILES string of the molecule is CC/C=C\C/C=C\C/C=C\C/C=C\CCCCC(=O)OC1C(OCC(COC(=O)CCCCCCCCCCCCCCCCCCC)OC(=O)CCCCCCCCCCCCCCC)OC(C(=O)O)C(O)C1O. The Morgan fingerprint density at radius 2 is 0.840 bits per heavy atom. The lowest BCUT2D eigenvalue weighted by Crippen LogP contribution is -2.61. The monoisotopic (exact) mass is 1060 g/mol. The molecule has 0 amide bonds. The Balaban J connectivity index is 2.68. The second-order valence-corrected chi connectivity index (χ2v) is 21.0. The number of aliphatic carboxylic acids is 1. The maximum Gasteiger partial charge on any atom is 0.335 e. The minimum Gasteiger partial charge on any atom is -0.479 e. The molecule has 6 unspecified atom stereocenters. The fraction of sp³-hybridized carbons (Fsp3) is 0.810. The molecule has 1 aliphatic heterocycles. The quantitative estimate of drug-likeness (QED) is 0.0228. The number of carboxylic acid groups (broad SMARTS) is 1. The van der Waals surface area contributed by atoms with Crippen molar-refractivity contribution in [2.75, 3.05) is 13.2 Å². The van der Waals surface area contributed by atoms with Crippen molar-refractivity contribution in [1.82, 2.24) is 0 Å². The van der Waals surface area contributed by atoms with Crippen molar-refractivity contribution in [3.05, 3.63) is 48.6 Å². The molecule has 0 spiro atoms. The van der Waals surface area contributed by atoms with Gasteiger partial charge in [-0.3, -0.25) is 14.4 Å². The lowest BCUT2D eigenvalue weighted by Gasteiger charge is -2.40. The summed E-state index contributed by atoms with van der Waals surface area (Å²) in [5.74, 6) is -3.15. The van der Waals surface area contributed by atoms with Gasteiger partial charge in [0.05, 0.1) is 6.61 Å². The van der Waals surface area contributed by atoms with Crippen LogP contribution in [0.25, 0.3) is 0 Å². The molecule has 0 saturated carbocycles. The second kappa shape index (κ2) is 51.4. The molecule has 0 bridgehead atoms. The van der Waals surface area contributed by atoms with Crippen molar-refractivity contribution >= 4 is 23.9 Å². The minimum absolute atomic E-state index is 0.0107. The summed E-state index contributed by atoms with van der Waals surface area (Å²) in [5, 5.41) is 31.5. The fourth-order valence-electron chi connectivity index (χ4n) is 9.24. The number of unbranched alkanes of at least 4 members (excludes halogenated alkanes) is 30. The maximum absolute atomic E-state index is 13.1. The van der Waals surface area contributed by atoms with E-state index in [2.05, 4.69) is 69.4 Å². The number of hydrogen-bond acceptors (Lipinski definition) is 11. The van der Waals surface area contributed by atoms with Gasteiger partial charge in [-0.05, 0) is 57.8 Å². The molecule has 0 radical (unpaired) electrons. The van der Waals surface area contributed by atoms with Crippen LogP contribution in [-0.2, 0) is 42.9 Å². The van der Waals surface area contributed by atoms with Crippen molar-refractivity contribution in [2.45, 2.75) is 314 Å². The van der Waals surface area contributed by atoms with Crippen molar-refractivity contribution in [1.29, 1.82) is 0 Å². The van der Waals surface area contributed by atoms with Crippen molar-refractivity contribution in [3.63, 3.8) is 0 Å². The zero-order valence-electron chi connectivity index (χ0n) is 47.8. The van der Waals surface area contributed by atoms with Gasteiger partial charge in [0.15, 0.2) is 24.6 Å². The zero-order valence-corrected chi connectivity index (χ0v) is 47.8. The summed E-state index contributed by atoms with van der Waals surface area (Å²) in [7, 11) is 0. The first kappa shape index (κ1) is 69.7. The molecular formula is C63H110O12. The van der Waals surface area contributed by atoms with Gasteiger partial charge in [-0.15, -0.1) is 0 Å². The van der Waals surface area contributed by atoms with E-state index in [0.717, 1.165) is 70.6 Å². The molecule has 0 aromatic carbocycles. The van der Waals surface area contributed by atoms with Crippen molar-refractivity contribution < 1.29 is 58.2 Å². The number of esters is 3. The molecule has 1 fully saturated rings.